The predicted octanol–water partition coefficient (Wildman–Crippen LogP) is 10.4. The van der Waals surface area contributed by atoms with Crippen molar-refractivity contribution in [2.24, 2.45) is 0 Å². The quantitative estimate of drug-likeness (QED) is 0.170. The Bertz CT molecular complexity index is 1570. The van der Waals surface area contributed by atoms with Gasteiger partial charge in [-0.3, -0.25) is 0 Å². The predicted molar refractivity (Wildman–Crippen MR) is 158 cm³/mol. The number of hydrogen-bond acceptors (Lipinski definition) is 2. The molecule has 5 rings (SSSR count). The third-order valence-electron chi connectivity index (χ3n) is 6.73. The SMILES string of the molecule is CC/C(=C(\c1ccc(OCc2ccccc2)cc1)c1ccc(Oc2ccc(C(F)(F)F)cc2)cc1)c1ccccc1. The minimum Gasteiger partial charge on any atom is -0.489 e. The first kappa shape index (κ1) is 27.8. The summed E-state index contributed by atoms with van der Waals surface area (Å²) in [5.74, 6) is 1.66. The lowest BCUT2D eigenvalue weighted by Gasteiger charge is -2.17. The van der Waals surface area contributed by atoms with Gasteiger partial charge in [0.1, 0.15) is 23.9 Å². The van der Waals surface area contributed by atoms with Crippen LogP contribution < -0.4 is 9.47 Å². The van der Waals surface area contributed by atoms with Crippen molar-refractivity contribution < 1.29 is 22.6 Å². The van der Waals surface area contributed by atoms with Crippen molar-refractivity contribution in [1.82, 2.24) is 0 Å². The largest absolute Gasteiger partial charge is 0.489 e. The zero-order chi connectivity index (χ0) is 28.7. The summed E-state index contributed by atoms with van der Waals surface area (Å²) in [5.41, 5.74) is 5.87. The number of benzene rings is 5. The molecule has 0 saturated heterocycles. The molecule has 0 aliphatic rings. The molecule has 5 aromatic carbocycles. The summed E-state index contributed by atoms with van der Waals surface area (Å²) in [6.07, 6.45) is -3.57. The lowest BCUT2D eigenvalue weighted by atomic mass is 9.88. The third-order valence-corrected chi connectivity index (χ3v) is 6.73. The zero-order valence-electron chi connectivity index (χ0n) is 22.6. The van der Waals surface area contributed by atoms with Gasteiger partial charge in [-0.2, -0.15) is 13.2 Å². The molecule has 0 amide bonds. The van der Waals surface area contributed by atoms with Crippen molar-refractivity contribution in [2.45, 2.75) is 26.1 Å². The van der Waals surface area contributed by atoms with E-state index in [1.54, 1.807) is 0 Å². The van der Waals surface area contributed by atoms with Gasteiger partial charge in [0.25, 0.3) is 0 Å². The van der Waals surface area contributed by atoms with Gasteiger partial charge in [0.15, 0.2) is 0 Å². The van der Waals surface area contributed by atoms with E-state index in [9.17, 15) is 13.2 Å². The van der Waals surface area contributed by atoms with Crippen molar-refractivity contribution in [1.29, 1.82) is 0 Å². The lowest BCUT2D eigenvalue weighted by molar-refractivity contribution is -0.137. The van der Waals surface area contributed by atoms with Crippen molar-refractivity contribution >= 4 is 11.1 Å². The highest BCUT2D eigenvalue weighted by Crippen LogP contribution is 2.36. The molecule has 206 valence electrons. The van der Waals surface area contributed by atoms with Gasteiger partial charge in [0, 0.05) is 0 Å². The highest BCUT2D eigenvalue weighted by atomic mass is 19.4. The summed E-state index contributed by atoms with van der Waals surface area (Å²) < 4.78 is 50.6. The van der Waals surface area contributed by atoms with Gasteiger partial charge in [-0.1, -0.05) is 91.9 Å². The van der Waals surface area contributed by atoms with Gasteiger partial charge in [-0.25, -0.2) is 0 Å². The van der Waals surface area contributed by atoms with Crippen LogP contribution in [0.5, 0.6) is 17.2 Å². The highest BCUT2D eigenvalue weighted by molar-refractivity contribution is 5.98. The van der Waals surface area contributed by atoms with E-state index in [1.807, 2.05) is 84.9 Å². The molecule has 0 radical (unpaired) electrons. The van der Waals surface area contributed by atoms with Gasteiger partial charge in [0.05, 0.1) is 5.56 Å². The third kappa shape index (κ3) is 7.06. The van der Waals surface area contributed by atoms with Crippen LogP contribution in [0.15, 0.2) is 133 Å². The summed E-state index contributed by atoms with van der Waals surface area (Å²) in [7, 11) is 0. The fourth-order valence-electron chi connectivity index (χ4n) is 4.68. The summed E-state index contributed by atoms with van der Waals surface area (Å²) in [5, 5.41) is 0. The van der Waals surface area contributed by atoms with Gasteiger partial charge in [-0.15, -0.1) is 0 Å². The normalized spacial score (nSPS) is 12.0. The molecule has 0 heterocycles. The Morgan fingerprint density at radius 2 is 1.05 bits per heavy atom. The second-order valence-corrected chi connectivity index (χ2v) is 9.52. The number of hydrogen-bond donors (Lipinski definition) is 0. The van der Waals surface area contributed by atoms with Crippen LogP contribution in [0.3, 0.4) is 0 Å². The van der Waals surface area contributed by atoms with E-state index in [4.69, 9.17) is 9.47 Å². The number of halogens is 3. The Kier molecular flexibility index (Phi) is 8.54. The minimum absolute atomic E-state index is 0.339. The monoisotopic (exact) mass is 550 g/mol. The summed E-state index contributed by atoms with van der Waals surface area (Å²) >= 11 is 0. The van der Waals surface area contributed by atoms with E-state index >= 15 is 0 Å². The van der Waals surface area contributed by atoms with Gasteiger partial charge in [-0.05, 0) is 88.4 Å². The van der Waals surface area contributed by atoms with Crippen molar-refractivity contribution in [3.8, 4) is 17.2 Å². The van der Waals surface area contributed by atoms with Gasteiger partial charge < -0.3 is 9.47 Å². The zero-order valence-corrected chi connectivity index (χ0v) is 22.6. The average Bonchev–Trinajstić information content (AvgIpc) is 3.00. The molecule has 2 nitrogen and oxygen atoms in total. The number of alkyl halides is 3. The maximum atomic E-state index is 12.9. The Morgan fingerprint density at radius 3 is 1.56 bits per heavy atom. The van der Waals surface area contributed by atoms with Gasteiger partial charge in [0.2, 0.25) is 0 Å². The van der Waals surface area contributed by atoms with Crippen molar-refractivity contribution in [3.63, 3.8) is 0 Å². The van der Waals surface area contributed by atoms with E-state index in [0.29, 0.717) is 18.1 Å². The summed E-state index contributed by atoms with van der Waals surface area (Å²) in [4.78, 5) is 0. The summed E-state index contributed by atoms with van der Waals surface area (Å²) in [6.45, 7) is 2.63. The Labute approximate surface area is 238 Å². The Hall–Kier alpha value is -4.77. The number of rotatable bonds is 9. The van der Waals surface area contributed by atoms with Crippen molar-refractivity contribution in [2.75, 3.05) is 0 Å². The number of allylic oxidation sites excluding steroid dienone is 1. The second-order valence-electron chi connectivity index (χ2n) is 9.52. The molecule has 0 fully saturated rings. The van der Waals surface area contributed by atoms with E-state index in [0.717, 1.165) is 52.1 Å². The maximum absolute atomic E-state index is 12.9. The molecule has 5 heteroatoms. The highest BCUT2D eigenvalue weighted by Gasteiger charge is 2.30. The number of ether oxygens (including phenoxy) is 2. The maximum Gasteiger partial charge on any atom is 0.416 e. The molecule has 0 unspecified atom stereocenters. The van der Waals surface area contributed by atoms with E-state index < -0.39 is 11.7 Å². The Morgan fingerprint density at radius 1 is 0.561 bits per heavy atom. The standard InChI is InChI=1S/C36H29F3O2/c1-2-34(27-11-7-4-8-12-27)35(28-13-19-31(20-14-28)40-25-26-9-5-3-6-10-26)29-15-21-32(22-16-29)41-33-23-17-30(18-24-33)36(37,38)39/h3-24H,2,25H2,1H3/b35-34-. The molecule has 0 N–H and O–H groups in total. The molecule has 0 aliphatic carbocycles. The van der Waals surface area contributed by atoms with E-state index in [2.05, 4.69) is 31.2 Å². The molecule has 5 aromatic rings. The van der Waals surface area contributed by atoms with Crippen LogP contribution in [0.1, 0.15) is 41.2 Å². The molecule has 41 heavy (non-hydrogen) atoms. The molecule has 0 aromatic heterocycles. The van der Waals surface area contributed by atoms with Crippen molar-refractivity contribution in [3.05, 3.63) is 161 Å². The molecule has 0 bridgehead atoms. The molecular formula is C36H29F3O2. The van der Waals surface area contributed by atoms with Crippen LogP contribution in [0.2, 0.25) is 0 Å². The van der Waals surface area contributed by atoms with Crippen LogP contribution in [0, 0.1) is 0 Å². The van der Waals surface area contributed by atoms with Crippen LogP contribution in [0.25, 0.3) is 11.1 Å². The van der Waals surface area contributed by atoms with E-state index in [1.165, 1.54) is 17.7 Å². The molecule has 0 aliphatic heterocycles. The van der Waals surface area contributed by atoms with Crippen LogP contribution >= 0.6 is 0 Å². The molecule has 0 atom stereocenters. The molecule has 0 saturated carbocycles. The first-order chi connectivity index (χ1) is 19.9. The topological polar surface area (TPSA) is 18.5 Å². The fraction of sp³-hybridized carbons (Fsp3) is 0.111. The smallest absolute Gasteiger partial charge is 0.416 e. The minimum atomic E-state index is -4.38. The first-order valence-electron chi connectivity index (χ1n) is 13.4. The van der Waals surface area contributed by atoms with Crippen LogP contribution in [-0.4, -0.2) is 0 Å². The van der Waals surface area contributed by atoms with E-state index in [-0.39, 0.29) is 0 Å². The molecular weight excluding hydrogens is 521 g/mol. The molecule has 0 spiro atoms. The second kappa shape index (κ2) is 12.6. The summed E-state index contributed by atoms with van der Waals surface area (Å²) in [6, 6.07) is 40.8. The van der Waals surface area contributed by atoms with Crippen LogP contribution in [-0.2, 0) is 12.8 Å². The van der Waals surface area contributed by atoms with Crippen LogP contribution in [0.4, 0.5) is 13.2 Å². The van der Waals surface area contributed by atoms with Gasteiger partial charge >= 0.3 is 6.18 Å². The lowest BCUT2D eigenvalue weighted by Crippen LogP contribution is -2.03. The Balaban J connectivity index is 1.43. The first-order valence-corrected chi connectivity index (χ1v) is 13.4. The fourth-order valence-corrected chi connectivity index (χ4v) is 4.68. The average molecular weight is 551 g/mol.